The number of hydrogen-bond acceptors (Lipinski definition) is 26. The Bertz CT molecular complexity index is 8260. The summed E-state index contributed by atoms with van der Waals surface area (Å²) in [5.41, 5.74) is 23.3. The highest BCUT2D eigenvalue weighted by Gasteiger charge is 2.33. The molecule has 25 rings (SSSR count). The quantitative estimate of drug-likeness (QED) is 0.0633. The zero-order valence-corrected chi connectivity index (χ0v) is 88.3. The number of nitrogens with two attached hydrogens (primary N) is 2. The lowest BCUT2D eigenvalue weighted by Crippen LogP contribution is -2.44. The third-order valence-corrected chi connectivity index (χ3v) is 33.0. The first-order valence-electron chi connectivity index (χ1n) is 49.7. The van der Waals surface area contributed by atoms with E-state index < -0.39 is 29.1 Å². The molecule has 0 atom stereocenters. The largest absolute Gasteiger partial charge is 0.507 e. The number of aromatic hydroxyl groups is 1. The molecule has 148 heavy (non-hydrogen) atoms. The number of anilines is 8. The van der Waals surface area contributed by atoms with Gasteiger partial charge >= 0.3 is 0 Å². The number of para-hydroxylation sites is 1. The molecule has 756 valence electrons. The number of aromatic nitrogens is 12. The monoisotopic (exact) mass is 2140 g/mol. The molecule has 15 heterocycles. The summed E-state index contributed by atoms with van der Waals surface area (Å²) in [7, 11) is 5.22. The second-order valence-electron chi connectivity index (χ2n) is 37.9. The number of nitrogens with zero attached hydrogens (tertiary/aromatic N) is 17. The first-order valence-corrected chi connectivity index (χ1v) is 54.3. The average Bonchev–Trinajstić information content (AvgIpc) is 1.59. The van der Waals surface area contributed by atoms with Gasteiger partial charge in [0.1, 0.15) is 88.1 Å². The summed E-state index contributed by atoms with van der Waals surface area (Å²) >= 11 is 31.9. The lowest BCUT2D eigenvalue weighted by Gasteiger charge is -2.29. The molecule has 7 N–H and O–H groups in total. The number of pyridine rings is 4. The van der Waals surface area contributed by atoms with Gasteiger partial charge in [0.05, 0.1) is 72.5 Å². The lowest BCUT2D eigenvalue weighted by molar-refractivity contribution is 0.415. The van der Waals surface area contributed by atoms with Gasteiger partial charge in [0, 0.05) is 175 Å². The minimum atomic E-state index is -0.488. The zero-order valence-electron chi connectivity index (χ0n) is 82.0. The predicted octanol–water partition coefficient (Wildman–Crippen LogP) is 28.8. The van der Waals surface area contributed by atoms with E-state index in [1.807, 2.05) is 147 Å². The molecule has 10 aromatic heterocycles. The van der Waals surface area contributed by atoms with Crippen LogP contribution in [-0.2, 0) is 7.05 Å². The van der Waals surface area contributed by atoms with E-state index in [9.17, 15) is 9.50 Å². The number of aryl methyl sites for hydroxylation is 2. The second-order valence-corrected chi connectivity index (χ2v) is 42.5. The van der Waals surface area contributed by atoms with Crippen molar-refractivity contribution in [3.8, 4) is 78.7 Å². The van der Waals surface area contributed by atoms with Crippen LogP contribution >= 0.6 is 92.5 Å². The van der Waals surface area contributed by atoms with E-state index in [2.05, 4.69) is 97.7 Å². The van der Waals surface area contributed by atoms with Gasteiger partial charge in [-0.25, -0.2) is 41.9 Å². The van der Waals surface area contributed by atoms with E-state index in [-0.39, 0.29) is 22.8 Å². The van der Waals surface area contributed by atoms with Gasteiger partial charge in [-0.3, -0.25) is 4.68 Å². The Kier molecular flexibility index (Phi) is 29.6. The molecular weight excluding hydrogens is 2040 g/mol. The van der Waals surface area contributed by atoms with E-state index in [0.717, 1.165) is 237 Å². The van der Waals surface area contributed by atoms with Gasteiger partial charge in [-0.2, -0.15) is 22.6 Å². The topological polar surface area (TPSA) is 268 Å². The molecule has 5 saturated heterocycles. The number of rotatable bonds is 14. The average molecular weight is 2140 g/mol. The SMILES string of the molecule is CNc1cc2ccccc2c(-c2c(Cl)cc3c(N4CCCCC4)snc3c2F)n1.COc1cc(-c2c(Cl)cc3c(N4CCCCC4)snc3c2F)c2c(cnn2C)c1.Cc1nc2c(N3CCNCC3)nnc(-c3ccccc3C(C)C)c2cc1-c1c(O)cccc1F.Nc1cc(-c2c(Cl)cc3c(N4CCCCC4)snc3c2F)c2ccccc2n1.Nc1cc2ccccc2c(-c2c(Cl)cc3c(N4CCCCC4)snc3c2F)n1. The van der Waals surface area contributed by atoms with Gasteiger partial charge in [-0.15, -0.1) is 10.2 Å². The number of nitrogen functional groups attached to an aromatic ring is 2. The van der Waals surface area contributed by atoms with Gasteiger partial charge < -0.3 is 56.4 Å². The molecule has 5 aliphatic rings. The third kappa shape index (κ3) is 19.6. The fourth-order valence-electron chi connectivity index (χ4n) is 20.9. The summed E-state index contributed by atoms with van der Waals surface area (Å²) in [5, 5.41) is 45.1. The number of hydrogen-bond donors (Lipinski definition) is 5. The summed E-state index contributed by atoms with van der Waals surface area (Å²) in [6.07, 6.45) is 15.9. The van der Waals surface area contributed by atoms with Crippen molar-refractivity contribution < 1.29 is 31.8 Å². The number of piperidine rings is 4. The van der Waals surface area contributed by atoms with Crippen LogP contribution in [0.4, 0.5) is 65.2 Å². The number of phenolic OH excluding ortho intramolecular Hbond substituents is 1. The fourth-order valence-corrected chi connectivity index (χ4v) is 25.6. The Labute approximate surface area is 887 Å². The summed E-state index contributed by atoms with van der Waals surface area (Å²) < 4.78 is 103. The molecular formula is C112H104Cl4F5N21O2S4. The lowest BCUT2D eigenvalue weighted by atomic mass is 9.92. The van der Waals surface area contributed by atoms with Gasteiger partial charge in [-0.05, 0) is 237 Å². The van der Waals surface area contributed by atoms with E-state index in [1.165, 1.54) is 90.0 Å². The Morgan fingerprint density at radius 2 is 0.872 bits per heavy atom. The zero-order chi connectivity index (χ0) is 102. The maximum Gasteiger partial charge on any atom is 0.177 e. The van der Waals surface area contributed by atoms with Crippen molar-refractivity contribution in [2.24, 2.45) is 7.05 Å². The van der Waals surface area contributed by atoms with Crippen molar-refractivity contribution in [3.63, 3.8) is 0 Å². The first kappa shape index (κ1) is 101. The number of piperazine rings is 1. The molecule has 10 aromatic carbocycles. The fraction of sp³-hybridized carbons (Fsp3) is 0.277. The van der Waals surface area contributed by atoms with Gasteiger partial charge in [0.2, 0.25) is 0 Å². The number of benzene rings is 10. The van der Waals surface area contributed by atoms with Crippen molar-refractivity contribution in [3.05, 3.63) is 243 Å². The van der Waals surface area contributed by atoms with Crippen molar-refractivity contribution in [2.75, 3.05) is 134 Å². The minimum absolute atomic E-state index is 0.113. The Hall–Kier alpha value is -13.3. The van der Waals surface area contributed by atoms with E-state index in [1.54, 1.807) is 43.2 Å². The van der Waals surface area contributed by atoms with Crippen LogP contribution in [0.5, 0.6) is 11.5 Å². The number of ether oxygens (including phenoxy) is 1. The van der Waals surface area contributed by atoms with E-state index in [4.69, 9.17) is 72.7 Å². The highest BCUT2D eigenvalue weighted by molar-refractivity contribution is 7.13. The Morgan fingerprint density at radius 1 is 0.412 bits per heavy atom. The molecule has 5 aliphatic heterocycles. The smallest absolute Gasteiger partial charge is 0.177 e. The number of phenols is 1. The summed E-state index contributed by atoms with van der Waals surface area (Å²) in [6, 6.07) is 53.8. The number of halogens is 9. The van der Waals surface area contributed by atoms with Crippen LogP contribution in [-0.4, -0.2) is 155 Å². The van der Waals surface area contributed by atoms with Crippen molar-refractivity contribution in [1.82, 2.24) is 62.7 Å². The maximum absolute atomic E-state index is 15.8. The van der Waals surface area contributed by atoms with Gasteiger partial charge in [0.25, 0.3) is 0 Å². The molecule has 0 radical (unpaired) electrons. The molecule has 0 bridgehead atoms. The van der Waals surface area contributed by atoms with Crippen molar-refractivity contribution in [1.29, 1.82) is 0 Å². The molecule has 0 saturated carbocycles. The van der Waals surface area contributed by atoms with Crippen LogP contribution in [0.15, 0.2) is 182 Å². The summed E-state index contributed by atoms with van der Waals surface area (Å²) in [6.45, 7) is 17.3. The molecule has 20 aromatic rings. The minimum Gasteiger partial charge on any atom is -0.507 e. The number of nitrogens with one attached hydrogen (secondary N) is 2. The molecule has 0 unspecified atom stereocenters. The molecule has 23 nitrogen and oxygen atoms in total. The molecule has 0 spiro atoms. The number of fused-ring (bicyclic) bond motifs is 9. The van der Waals surface area contributed by atoms with E-state index in [0.29, 0.717) is 127 Å². The Balaban J connectivity index is 0.000000109. The molecule has 0 aliphatic carbocycles. The highest BCUT2D eigenvalue weighted by atomic mass is 35.5. The molecule has 36 heteroatoms. The van der Waals surface area contributed by atoms with Crippen LogP contribution in [0.1, 0.15) is 108 Å². The van der Waals surface area contributed by atoms with Crippen molar-refractivity contribution >= 4 is 234 Å². The predicted molar refractivity (Wildman–Crippen MR) is 603 cm³/mol. The molecule has 5 fully saturated rings. The maximum atomic E-state index is 15.8. The summed E-state index contributed by atoms with van der Waals surface area (Å²) in [5.74, 6) is 0.723. The standard InChI is InChI=1S/C27H28FN5O.C22H20ClFN4S.C21H20ClFN4OS.2C21H18ClFN4S/c1-16(2)18-7-4-5-8-19(18)25-21-15-20(24-22(28)9-6-10-23(24)34)17(3)30-26(21)27(32-31-25)33-13-11-29-12-14-33;1-25-17-11-13-7-3-4-8-14(13)20(26-17)18-16(23)12-15-21(19(18)24)27-29-22(15)28-9-5-2-6-10-28;1-26-20-12(11-24-26)8-13(28-2)9-14(20)17-16(22)10-15-19(18(17)23)25-29-21(15)27-6-4-3-5-7-27;22-15-10-14-20(26-28-21(14)27-8-4-1-5-9-27)19(23)18(15)13-11-17(24)25-16-7-3-2-6-12(13)16;22-15-11-14-20(26-28-21(14)27-8-4-1-5-9-27)18(23)17(15)19-13-7-3-2-6-12(13)10-16(24)25-19/h4-10,15-16,29,34H,11-14H2,1-3H3;3-4,7-8,11-12H,2,5-6,9-10H2,1H3,(H,25,26);8-11H,3-7H2,1-2H3;2*2-3,6-7,10-11H,1,4-5,8-9H2,(H2,24,25). The normalized spacial score (nSPS) is 14.7. The highest BCUT2D eigenvalue weighted by Crippen LogP contribution is 2.51. The van der Waals surface area contributed by atoms with Crippen LogP contribution < -0.4 is 51.3 Å². The van der Waals surface area contributed by atoms with Crippen LogP contribution in [0.25, 0.3) is 165 Å². The van der Waals surface area contributed by atoms with Gasteiger partial charge in [0.15, 0.2) is 29.1 Å². The van der Waals surface area contributed by atoms with Crippen LogP contribution in [0.3, 0.4) is 0 Å². The van der Waals surface area contributed by atoms with Crippen molar-refractivity contribution in [2.45, 2.75) is 104 Å². The van der Waals surface area contributed by atoms with Crippen LogP contribution in [0, 0.1) is 36.0 Å². The molecule has 0 amide bonds. The third-order valence-electron chi connectivity index (χ3n) is 28.1. The van der Waals surface area contributed by atoms with E-state index >= 15 is 17.6 Å². The van der Waals surface area contributed by atoms with Crippen LogP contribution in [0.2, 0.25) is 20.1 Å². The summed E-state index contributed by atoms with van der Waals surface area (Å²) in [4.78, 5) is 29.7. The van der Waals surface area contributed by atoms with Gasteiger partial charge in [-0.1, -0.05) is 157 Å². The Morgan fingerprint density at radius 3 is 1.38 bits per heavy atom. The first-order chi connectivity index (χ1) is 72.0. The second kappa shape index (κ2) is 43.5. The number of methoxy groups -OCH3 is 1.